The van der Waals surface area contributed by atoms with E-state index in [2.05, 4.69) is 21.4 Å². The smallest absolute Gasteiger partial charge is 0.269 e. The van der Waals surface area contributed by atoms with E-state index in [1.807, 2.05) is 5.43 Å². The highest BCUT2D eigenvalue weighted by atomic mass is 79.9. The second-order valence-electron chi connectivity index (χ2n) is 4.42. The maximum atomic E-state index is 12.6. The molecule has 1 aromatic carbocycles. The van der Waals surface area contributed by atoms with Gasteiger partial charge in [-0.05, 0) is 24.6 Å². The molecule has 1 atom stereocenters. The van der Waals surface area contributed by atoms with E-state index in [4.69, 9.17) is 0 Å². The predicted molar refractivity (Wildman–Crippen MR) is 67.5 cm³/mol. The van der Waals surface area contributed by atoms with Crippen molar-refractivity contribution < 1.29 is 18.4 Å². The molecule has 1 saturated carbocycles. The Morgan fingerprint density at radius 1 is 1.37 bits per heavy atom. The molecule has 1 unspecified atom stereocenters. The summed E-state index contributed by atoms with van der Waals surface area (Å²) in [6, 6.07) is 5.09. The maximum absolute atomic E-state index is 12.6. The lowest BCUT2D eigenvalue weighted by Crippen LogP contribution is -2.43. The van der Waals surface area contributed by atoms with Crippen molar-refractivity contribution in [2.75, 3.05) is 0 Å². The third-order valence-corrected chi connectivity index (χ3v) is 3.38. The molecule has 7 heteroatoms. The number of hydrogen-bond donors (Lipinski definition) is 2. The molecule has 1 aliphatic carbocycles. The quantitative estimate of drug-likeness (QED) is 0.815. The molecule has 2 amide bonds. The number of benzene rings is 1. The number of aryl methyl sites for hydroxylation is 1. The number of nitrogens with one attached hydrogen (secondary N) is 2. The van der Waals surface area contributed by atoms with Gasteiger partial charge in [-0.1, -0.05) is 22.0 Å². The van der Waals surface area contributed by atoms with E-state index in [1.165, 1.54) is 0 Å². The summed E-state index contributed by atoms with van der Waals surface area (Å²) in [5.74, 6) is -5.70. The van der Waals surface area contributed by atoms with E-state index in [0.29, 0.717) is 15.6 Å². The van der Waals surface area contributed by atoms with Gasteiger partial charge >= 0.3 is 0 Å². The van der Waals surface area contributed by atoms with Crippen LogP contribution in [-0.2, 0) is 4.79 Å². The molecule has 2 rings (SSSR count). The monoisotopic (exact) mass is 332 g/mol. The summed E-state index contributed by atoms with van der Waals surface area (Å²) in [5.41, 5.74) is 5.22. The van der Waals surface area contributed by atoms with Crippen molar-refractivity contribution in [2.24, 2.45) is 5.92 Å². The number of amides is 2. The van der Waals surface area contributed by atoms with Crippen LogP contribution in [0.5, 0.6) is 0 Å². The Balaban J connectivity index is 1.95. The van der Waals surface area contributed by atoms with Gasteiger partial charge in [-0.25, -0.2) is 8.78 Å². The predicted octanol–water partition coefficient (Wildman–Crippen LogP) is 2.17. The number of halogens is 3. The van der Waals surface area contributed by atoms with E-state index in [9.17, 15) is 18.4 Å². The zero-order valence-corrected chi connectivity index (χ0v) is 11.6. The van der Waals surface area contributed by atoms with Gasteiger partial charge in [0.1, 0.15) is 5.92 Å². The molecule has 1 aromatic rings. The zero-order chi connectivity index (χ0) is 14.2. The first-order valence-corrected chi connectivity index (χ1v) is 6.35. The van der Waals surface area contributed by atoms with Gasteiger partial charge in [-0.2, -0.15) is 0 Å². The molecule has 4 nitrogen and oxygen atoms in total. The summed E-state index contributed by atoms with van der Waals surface area (Å²) in [4.78, 5) is 23.1. The molecule has 0 heterocycles. The second-order valence-corrected chi connectivity index (χ2v) is 5.34. The third-order valence-electron chi connectivity index (χ3n) is 2.89. The minimum absolute atomic E-state index is 0.359. The topological polar surface area (TPSA) is 58.2 Å². The average molecular weight is 333 g/mol. The van der Waals surface area contributed by atoms with E-state index in [0.717, 1.165) is 0 Å². The Labute approximate surface area is 116 Å². The van der Waals surface area contributed by atoms with Crippen LogP contribution in [0.2, 0.25) is 0 Å². The standard InChI is InChI=1S/C12H11BrF2N2O2/c1-6-2-3-7(13)4-8(6)10(18)16-17-11(19)9-5-12(9,14)15/h2-4,9H,5H2,1H3,(H,16,18)(H,17,19). The maximum Gasteiger partial charge on any atom is 0.269 e. The number of hydrazine groups is 1. The molecular weight excluding hydrogens is 322 g/mol. The van der Waals surface area contributed by atoms with E-state index in [1.54, 1.807) is 25.1 Å². The van der Waals surface area contributed by atoms with Gasteiger partial charge in [0.2, 0.25) is 5.91 Å². The lowest BCUT2D eigenvalue weighted by molar-refractivity contribution is -0.125. The first kappa shape index (κ1) is 13.9. The SMILES string of the molecule is Cc1ccc(Br)cc1C(=O)NNC(=O)C1CC1(F)F. The second kappa shape index (κ2) is 4.88. The fraction of sp³-hybridized carbons (Fsp3) is 0.333. The first-order chi connectivity index (χ1) is 8.81. The van der Waals surface area contributed by atoms with Crippen molar-refractivity contribution in [3.8, 4) is 0 Å². The van der Waals surface area contributed by atoms with Gasteiger partial charge in [-0.15, -0.1) is 0 Å². The highest BCUT2D eigenvalue weighted by Crippen LogP contribution is 2.48. The fourth-order valence-corrected chi connectivity index (χ4v) is 1.97. The summed E-state index contributed by atoms with van der Waals surface area (Å²) >= 11 is 3.23. The number of hydrogen-bond acceptors (Lipinski definition) is 2. The van der Waals surface area contributed by atoms with Crippen LogP contribution in [0.3, 0.4) is 0 Å². The van der Waals surface area contributed by atoms with Crippen LogP contribution in [0.1, 0.15) is 22.3 Å². The summed E-state index contributed by atoms with van der Waals surface area (Å²) in [7, 11) is 0. The Morgan fingerprint density at radius 3 is 2.58 bits per heavy atom. The summed E-state index contributed by atoms with van der Waals surface area (Å²) < 4.78 is 26.0. The minimum Gasteiger partial charge on any atom is -0.273 e. The molecule has 0 saturated heterocycles. The zero-order valence-electron chi connectivity index (χ0n) is 9.97. The molecule has 0 bridgehead atoms. The van der Waals surface area contributed by atoms with Crippen LogP contribution in [0, 0.1) is 12.8 Å². The van der Waals surface area contributed by atoms with Gasteiger partial charge in [0.15, 0.2) is 0 Å². The van der Waals surface area contributed by atoms with Gasteiger partial charge in [0.05, 0.1) is 0 Å². The van der Waals surface area contributed by atoms with Crippen molar-refractivity contribution in [3.05, 3.63) is 33.8 Å². The van der Waals surface area contributed by atoms with Gasteiger partial charge in [0, 0.05) is 16.5 Å². The van der Waals surface area contributed by atoms with Gasteiger partial charge < -0.3 is 0 Å². The van der Waals surface area contributed by atoms with E-state index in [-0.39, 0.29) is 0 Å². The molecule has 0 spiro atoms. The summed E-state index contributed by atoms with van der Waals surface area (Å²) in [6.45, 7) is 1.73. The van der Waals surface area contributed by atoms with Gasteiger partial charge in [0.25, 0.3) is 11.8 Å². The molecular formula is C12H11BrF2N2O2. The van der Waals surface area contributed by atoms with Crippen LogP contribution in [0.4, 0.5) is 8.78 Å². The molecule has 0 aromatic heterocycles. The highest BCUT2D eigenvalue weighted by Gasteiger charge is 2.61. The summed E-state index contributed by atoms with van der Waals surface area (Å²) in [6.07, 6.45) is -0.468. The first-order valence-electron chi connectivity index (χ1n) is 5.55. The average Bonchev–Trinajstić information content (AvgIpc) is 2.98. The molecule has 19 heavy (non-hydrogen) atoms. The highest BCUT2D eigenvalue weighted by molar-refractivity contribution is 9.10. The summed E-state index contributed by atoms with van der Waals surface area (Å²) in [5, 5.41) is 0. The molecule has 2 N–H and O–H groups in total. The Morgan fingerprint density at radius 2 is 2.00 bits per heavy atom. The van der Waals surface area contributed by atoms with Crippen LogP contribution in [-0.4, -0.2) is 17.7 Å². The van der Waals surface area contributed by atoms with Crippen molar-refractivity contribution in [2.45, 2.75) is 19.3 Å². The minimum atomic E-state index is -2.94. The molecule has 102 valence electrons. The van der Waals surface area contributed by atoms with Crippen LogP contribution in [0.15, 0.2) is 22.7 Å². The number of rotatable bonds is 2. The molecule has 1 fully saturated rings. The Hall–Kier alpha value is -1.50. The lowest BCUT2D eigenvalue weighted by atomic mass is 10.1. The van der Waals surface area contributed by atoms with Crippen molar-refractivity contribution in [1.29, 1.82) is 0 Å². The van der Waals surface area contributed by atoms with E-state index >= 15 is 0 Å². The Bertz CT molecular complexity index is 549. The fourth-order valence-electron chi connectivity index (χ4n) is 1.61. The Kier molecular flexibility index (Phi) is 3.58. The molecule has 0 aliphatic heterocycles. The molecule has 1 aliphatic rings. The van der Waals surface area contributed by atoms with Crippen LogP contribution < -0.4 is 10.9 Å². The number of alkyl halides is 2. The largest absolute Gasteiger partial charge is 0.273 e. The molecule has 0 radical (unpaired) electrons. The van der Waals surface area contributed by atoms with Gasteiger partial charge in [-0.3, -0.25) is 20.4 Å². The van der Waals surface area contributed by atoms with Crippen molar-refractivity contribution in [1.82, 2.24) is 10.9 Å². The van der Waals surface area contributed by atoms with Crippen LogP contribution >= 0.6 is 15.9 Å². The number of carbonyl (C=O) groups is 2. The van der Waals surface area contributed by atoms with Crippen LogP contribution in [0.25, 0.3) is 0 Å². The number of carbonyl (C=O) groups excluding carboxylic acids is 2. The van der Waals surface area contributed by atoms with E-state index < -0.39 is 30.1 Å². The van der Waals surface area contributed by atoms with Crippen molar-refractivity contribution >= 4 is 27.7 Å². The normalized spacial score (nSPS) is 19.7. The lowest BCUT2D eigenvalue weighted by Gasteiger charge is -2.09. The third kappa shape index (κ3) is 3.09. The van der Waals surface area contributed by atoms with Crippen molar-refractivity contribution in [3.63, 3.8) is 0 Å².